The van der Waals surface area contributed by atoms with Crippen LogP contribution in [0.25, 0.3) is 0 Å². The molecular formula is C28H37N5O3. The summed E-state index contributed by atoms with van der Waals surface area (Å²) in [7, 11) is 0. The molecule has 192 valence electrons. The van der Waals surface area contributed by atoms with Gasteiger partial charge in [0.05, 0.1) is 17.3 Å². The highest BCUT2D eigenvalue weighted by atomic mass is 16.5. The van der Waals surface area contributed by atoms with E-state index in [2.05, 4.69) is 52.2 Å². The van der Waals surface area contributed by atoms with Crippen LogP contribution in [0, 0.1) is 12.8 Å². The van der Waals surface area contributed by atoms with E-state index in [0.717, 1.165) is 55.3 Å². The van der Waals surface area contributed by atoms with Crippen LogP contribution in [0.3, 0.4) is 0 Å². The Morgan fingerprint density at radius 3 is 2.83 bits per heavy atom. The Morgan fingerprint density at radius 2 is 2.11 bits per heavy atom. The molecule has 3 heterocycles. The molecule has 0 aliphatic carbocycles. The van der Waals surface area contributed by atoms with E-state index >= 15 is 0 Å². The molecule has 36 heavy (non-hydrogen) atoms. The van der Waals surface area contributed by atoms with E-state index in [4.69, 9.17) is 4.74 Å². The van der Waals surface area contributed by atoms with E-state index in [1.54, 1.807) is 11.6 Å². The van der Waals surface area contributed by atoms with Gasteiger partial charge in [-0.05, 0) is 67.9 Å². The van der Waals surface area contributed by atoms with Crippen molar-refractivity contribution in [3.8, 4) is 5.75 Å². The van der Waals surface area contributed by atoms with Crippen LogP contribution >= 0.6 is 0 Å². The highest BCUT2D eigenvalue weighted by Gasteiger charge is 2.27. The van der Waals surface area contributed by atoms with Gasteiger partial charge in [0.2, 0.25) is 0 Å². The Morgan fingerprint density at radius 1 is 1.28 bits per heavy atom. The van der Waals surface area contributed by atoms with E-state index in [-0.39, 0.29) is 12.0 Å². The minimum atomic E-state index is -0.780. The van der Waals surface area contributed by atoms with Crippen molar-refractivity contribution in [3.05, 3.63) is 70.8 Å². The molecule has 1 aliphatic heterocycles. The molecule has 3 atom stereocenters. The highest BCUT2D eigenvalue weighted by molar-refractivity contribution is 5.71. The Balaban J connectivity index is 1.56. The largest absolute Gasteiger partial charge is 0.487 e. The monoisotopic (exact) mass is 491 g/mol. The smallest absolute Gasteiger partial charge is 0.306 e. The third-order valence-electron chi connectivity index (χ3n) is 7.24. The molecule has 4 rings (SSSR count). The average Bonchev–Trinajstić information content (AvgIpc) is 3.26. The summed E-state index contributed by atoms with van der Waals surface area (Å²) in [5, 5.41) is 18.2. The topological polar surface area (TPSA) is 93.4 Å². The number of pyridine rings is 1. The molecule has 2 aromatic heterocycles. The fourth-order valence-corrected chi connectivity index (χ4v) is 4.89. The number of hydrogen-bond acceptors (Lipinski definition) is 6. The summed E-state index contributed by atoms with van der Waals surface area (Å²) in [6, 6.07) is 10.3. The van der Waals surface area contributed by atoms with E-state index in [0.29, 0.717) is 12.8 Å². The third kappa shape index (κ3) is 6.10. The number of fused-ring (bicyclic) bond motifs is 1. The van der Waals surface area contributed by atoms with Gasteiger partial charge in [0.25, 0.3) is 0 Å². The van der Waals surface area contributed by atoms with Gasteiger partial charge in [-0.25, -0.2) is 0 Å². The van der Waals surface area contributed by atoms with Crippen molar-refractivity contribution in [1.82, 2.24) is 24.9 Å². The summed E-state index contributed by atoms with van der Waals surface area (Å²) in [6.07, 6.45) is 6.18. The number of aliphatic carboxylic acids is 1. The average molecular weight is 492 g/mol. The molecule has 0 bridgehead atoms. The SMILES string of the molecule is CC[C@@H]1CN(Cc2cc(C(CCc3cn(CC)nn3)C(C)C(=O)O)ccc2C)Cc2ncccc2O1. The van der Waals surface area contributed by atoms with Crippen molar-refractivity contribution in [1.29, 1.82) is 0 Å². The molecule has 0 amide bonds. The number of ether oxygens (including phenoxy) is 1. The number of aromatic nitrogens is 4. The molecule has 1 aliphatic rings. The highest BCUT2D eigenvalue weighted by Crippen LogP contribution is 2.32. The lowest BCUT2D eigenvalue weighted by atomic mass is 9.82. The second-order valence-corrected chi connectivity index (χ2v) is 9.79. The molecular weight excluding hydrogens is 454 g/mol. The van der Waals surface area contributed by atoms with E-state index < -0.39 is 11.9 Å². The van der Waals surface area contributed by atoms with Crippen LogP contribution in [0.5, 0.6) is 5.75 Å². The van der Waals surface area contributed by atoms with Gasteiger partial charge in [-0.3, -0.25) is 19.4 Å². The van der Waals surface area contributed by atoms with Gasteiger partial charge < -0.3 is 9.84 Å². The summed E-state index contributed by atoms with van der Waals surface area (Å²) in [5.74, 6) is -0.536. The normalized spacial score (nSPS) is 17.6. The molecule has 1 aromatic carbocycles. The van der Waals surface area contributed by atoms with Gasteiger partial charge in [0.15, 0.2) is 0 Å². The molecule has 8 nitrogen and oxygen atoms in total. The van der Waals surface area contributed by atoms with Crippen molar-refractivity contribution >= 4 is 5.97 Å². The van der Waals surface area contributed by atoms with Crippen LogP contribution in [0.2, 0.25) is 0 Å². The molecule has 0 radical (unpaired) electrons. The van der Waals surface area contributed by atoms with Gasteiger partial charge >= 0.3 is 5.97 Å². The van der Waals surface area contributed by atoms with Gasteiger partial charge in [-0.15, -0.1) is 5.10 Å². The number of benzene rings is 1. The fraction of sp³-hybridized carbons (Fsp3) is 0.500. The van der Waals surface area contributed by atoms with Crippen LogP contribution in [0.1, 0.15) is 67.6 Å². The maximum atomic E-state index is 12.0. The number of aryl methyl sites for hydroxylation is 3. The second kappa shape index (κ2) is 11.6. The minimum Gasteiger partial charge on any atom is -0.487 e. The summed E-state index contributed by atoms with van der Waals surface area (Å²) in [6.45, 7) is 11.2. The summed E-state index contributed by atoms with van der Waals surface area (Å²) >= 11 is 0. The predicted octanol–water partition coefficient (Wildman–Crippen LogP) is 4.61. The molecule has 0 spiro atoms. The van der Waals surface area contributed by atoms with Gasteiger partial charge in [0, 0.05) is 38.6 Å². The minimum absolute atomic E-state index is 0.107. The molecule has 0 saturated carbocycles. The maximum Gasteiger partial charge on any atom is 0.306 e. The van der Waals surface area contributed by atoms with Crippen molar-refractivity contribution in [3.63, 3.8) is 0 Å². The first-order valence-corrected chi connectivity index (χ1v) is 12.9. The first-order valence-electron chi connectivity index (χ1n) is 12.9. The van der Waals surface area contributed by atoms with Crippen LogP contribution in [-0.2, 0) is 30.8 Å². The number of carbonyl (C=O) groups is 1. The summed E-state index contributed by atoms with van der Waals surface area (Å²) in [5.41, 5.74) is 5.32. The number of nitrogens with zero attached hydrogens (tertiary/aromatic N) is 5. The molecule has 2 unspecified atom stereocenters. The van der Waals surface area contributed by atoms with E-state index in [1.807, 2.05) is 31.5 Å². The summed E-state index contributed by atoms with van der Waals surface area (Å²) < 4.78 is 8.03. The van der Waals surface area contributed by atoms with Gasteiger partial charge in [-0.2, -0.15) is 0 Å². The van der Waals surface area contributed by atoms with E-state index in [9.17, 15) is 9.90 Å². The standard InChI is InChI=1S/C28H37N5O3/c1-5-24-17-32(18-26-27(36-24)8-7-13-29-26)15-22-14-21(10-9-19(22)3)25(20(4)28(34)35)12-11-23-16-33(6-2)31-30-23/h7-10,13-14,16,20,24-25H,5-6,11-12,15,17-18H2,1-4H3,(H,34,35)/t20?,24-,25?/m1/s1. The Kier molecular flexibility index (Phi) is 8.36. The lowest BCUT2D eigenvalue weighted by Gasteiger charge is -2.26. The van der Waals surface area contributed by atoms with Crippen molar-refractivity contribution < 1.29 is 14.6 Å². The van der Waals surface area contributed by atoms with Gasteiger partial charge in [0.1, 0.15) is 11.9 Å². The number of rotatable bonds is 10. The van der Waals surface area contributed by atoms with Gasteiger partial charge in [-0.1, -0.05) is 37.3 Å². The van der Waals surface area contributed by atoms with Crippen LogP contribution in [0.4, 0.5) is 0 Å². The molecule has 1 N–H and O–H groups in total. The first kappa shape index (κ1) is 25.8. The fourth-order valence-electron chi connectivity index (χ4n) is 4.89. The Labute approximate surface area is 213 Å². The molecule has 3 aromatic rings. The maximum absolute atomic E-state index is 12.0. The Hall–Kier alpha value is -3.26. The lowest BCUT2D eigenvalue weighted by Crippen LogP contribution is -2.32. The molecule has 0 fully saturated rings. The van der Waals surface area contributed by atoms with Crippen LogP contribution < -0.4 is 4.74 Å². The summed E-state index contributed by atoms with van der Waals surface area (Å²) in [4.78, 5) is 19.0. The quantitative estimate of drug-likeness (QED) is 0.443. The zero-order chi connectivity index (χ0) is 25.7. The van der Waals surface area contributed by atoms with Crippen molar-refractivity contribution in [2.24, 2.45) is 5.92 Å². The van der Waals surface area contributed by atoms with Crippen molar-refractivity contribution in [2.75, 3.05) is 6.54 Å². The third-order valence-corrected chi connectivity index (χ3v) is 7.24. The van der Waals surface area contributed by atoms with Crippen LogP contribution in [-0.4, -0.2) is 48.6 Å². The zero-order valence-electron chi connectivity index (χ0n) is 21.7. The lowest BCUT2D eigenvalue weighted by molar-refractivity contribution is -0.142. The predicted molar refractivity (Wildman–Crippen MR) is 138 cm³/mol. The second-order valence-electron chi connectivity index (χ2n) is 9.79. The van der Waals surface area contributed by atoms with Crippen LogP contribution in [0.15, 0.2) is 42.7 Å². The van der Waals surface area contributed by atoms with E-state index in [1.165, 1.54) is 11.1 Å². The van der Waals surface area contributed by atoms with Crippen molar-refractivity contribution in [2.45, 2.75) is 78.6 Å². The number of hydrogen-bond donors (Lipinski definition) is 1. The Bertz CT molecular complexity index is 1180. The first-order chi connectivity index (χ1) is 17.4. The number of carboxylic acids is 1. The molecule has 0 saturated heterocycles. The molecule has 8 heteroatoms. The zero-order valence-corrected chi connectivity index (χ0v) is 21.7. The number of carboxylic acid groups (broad SMARTS) is 1.